The van der Waals surface area contributed by atoms with Crippen molar-refractivity contribution in [1.29, 1.82) is 0 Å². The number of ether oxygens (including phenoxy) is 1. The van der Waals surface area contributed by atoms with Gasteiger partial charge in [0.05, 0.1) is 11.1 Å². The summed E-state index contributed by atoms with van der Waals surface area (Å²) in [6.45, 7) is 0.259. The normalized spacial score (nSPS) is 10.5. The largest absolute Gasteiger partial charge is 0.489 e. The van der Waals surface area contributed by atoms with Gasteiger partial charge in [-0.15, -0.1) is 0 Å². The van der Waals surface area contributed by atoms with Crippen LogP contribution in [0, 0.1) is 11.6 Å². The van der Waals surface area contributed by atoms with Gasteiger partial charge in [0, 0.05) is 18.2 Å². The second kappa shape index (κ2) is 6.02. The van der Waals surface area contributed by atoms with Crippen LogP contribution in [0.15, 0.2) is 40.9 Å². The summed E-state index contributed by atoms with van der Waals surface area (Å²) in [4.78, 5) is 0. The molecule has 0 aliphatic carbocycles. The minimum Gasteiger partial charge on any atom is -0.489 e. The lowest BCUT2D eigenvalue weighted by atomic mass is 10.1. The summed E-state index contributed by atoms with van der Waals surface area (Å²) in [6, 6.07) is 9.35. The number of rotatable bonds is 4. The zero-order chi connectivity index (χ0) is 13.8. The monoisotopic (exact) mass is 327 g/mol. The van der Waals surface area contributed by atoms with Gasteiger partial charge < -0.3 is 10.5 Å². The Balaban J connectivity index is 2.02. The highest BCUT2D eigenvalue weighted by molar-refractivity contribution is 9.10. The van der Waals surface area contributed by atoms with E-state index in [-0.39, 0.29) is 16.8 Å². The molecule has 0 radical (unpaired) electrons. The summed E-state index contributed by atoms with van der Waals surface area (Å²) >= 11 is 3.07. The molecule has 0 aliphatic rings. The number of benzene rings is 2. The maximum Gasteiger partial charge on any atom is 0.169 e. The highest BCUT2D eigenvalue weighted by atomic mass is 79.9. The first-order chi connectivity index (χ1) is 9.08. The summed E-state index contributed by atoms with van der Waals surface area (Å²) in [6.07, 6.45) is 0.552. The topological polar surface area (TPSA) is 35.2 Å². The van der Waals surface area contributed by atoms with Crippen LogP contribution in [-0.4, -0.2) is 6.61 Å². The summed E-state index contributed by atoms with van der Waals surface area (Å²) in [5.41, 5.74) is 7.39. The van der Waals surface area contributed by atoms with Crippen LogP contribution in [0.3, 0.4) is 0 Å². The minimum atomic E-state index is -0.729. The fraction of sp³-hybridized carbons (Fsp3) is 0.143. The van der Waals surface area contributed by atoms with Crippen molar-refractivity contribution in [2.75, 3.05) is 12.3 Å². The molecular formula is C14H12BrF2NO. The van der Waals surface area contributed by atoms with Crippen molar-refractivity contribution >= 4 is 21.6 Å². The Morgan fingerprint density at radius 1 is 1.16 bits per heavy atom. The SMILES string of the molecule is Nc1ccccc1CCOc1c(F)cc(F)cc1Br. The molecule has 100 valence electrons. The van der Waals surface area contributed by atoms with E-state index in [1.807, 2.05) is 18.2 Å². The first-order valence-electron chi connectivity index (χ1n) is 5.68. The standard InChI is InChI=1S/C14H12BrF2NO/c15-11-7-10(16)8-12(17)14(11)19-6-5-9-3-1-2-4-13(9)18/h1-4,7-8H,5-6,18H2. The third-order valence-electron chi connectivity index (χ3n) is 2.64. The second-order valence-electron chi connectivity index (χ2n) is 4.00. The Kier molecular flexibility index (Phi) is 4.37. The molecule has 2 nitrogen and oxygen atoms in total. The molecule has 0 atom stereocenters. The highest BCUT2D eigenvalue weighted by Gasteiger charge is 2.11. The van der Waals surface area contributed by atoms with E-state index in [2.05, 4.69) is 15.9 Å². The fourth-order valence-electron chi connectivity index (χ4n) is 1.69. The number of halogens is 3. The quantitative estimate of drug-likeness (QED) is 0.863. The molecule has 0 saturated heterocycles. The van der Waals surface area contributed by atoms with Gasteiger partial charge in [0.25, 0.3) is 0 Å². The zero-order valence-electron chi connectivity index (χ0n) is 10.00. The summed E-state index contributed by atoms with van der Waals surface area (Å²) < 4.78 is 32.0. The van der Waals surface area contributed by atoms with Gasteiger partial charge in [-0.3, -0.25) is 0 Å². The predicted molar refractivity (Wildman–Crippen MR) is 74.1 cm³/mol. The van der Waals surface area contributed by atoms with Crippen LogP contribution in [0.25, 0.3) is 0 Å². The lowest BCUT2D eigenvalue weighted by Crippen LogP contribution is -2.05. The molecule has 0 aromatic heterocycles. The molecule has 0 saturated carbocycles. The van der Waals surface area contributed by atoms with Crippen molar-refractivity contribution in [2.45, 2.75) is 6.42 Å². The number of nitrogen functional groups attached to an aromatic ring is 1. The van der Waals surface area contributed by atoms with Gasteiger partial charge in [-0.25, -0.2) is 8.78 Å². The lowest BCUT2D eigenvalue weighted by Gasteiger charge is -2.10. The molecule has 0 fully saturated rings. The van der Waals surface area contributed by atoms with Crippen molar-refractivity contribution in [2.24, 2.45) is 0 Å². The average Bonchev–Trinajstić information content (AvgIpc) is 2.34. The maximum absolute atomic E-state index is 13.5. The van der Waals surface area contributed by atoms with E-state index in [0.29, 0.717) is 12.1 Å². The average molecular weight is 328 g/mol. The molecule has 0 aliphatic heterocycles. The van der Waals surface area contributed by atoms with E-state index in [1.54, 1.807) is 6.07 Å². The molecule has 19 heavy (non-hydrogen) atoms. The Morgan fingerprint density at radius 2 is 1.89 bits per heavy atom. The van der Waals surface area contributed by atoms with E-state index in [9.17, 15) is 8.78 Å². The fourth-order valence-corrected chi connectivity index (χ4v) is 2.21. The number of hydrogen-bond donors (Lipinski definition) is 1. The Hall–Kier alpha value is -1.62. The first-order valence-corrected chi connectivity index (χ1v) is 6.48. The minimum absolute atomic E-state index is 0.0101. The van der Waals surface area contributed by atoms with Crippen LogP contribution in [0.1, 0.15) is 5.56 Å². The summed E-state index contributed by atoms with van der Waals surface area (Å²) in [7, 11) is 0. The molecule has 0 amide bonds. The van der Waals surface area contributed by atoms with E-state index in [4.69, 9.17) is 10.5 Å². The molecule has 2 aromatic rings. The van der Waals surface area contributed by atoms with E-state index in [1.165, 1.54) is 0 Å². The third-order valence-corrected chi connectivity index (χ3v) is 3.22. The smallest absolute Gasteiger partial charge is 0.169 e. The van der Waals surface area contributed by atoms with Crippen molar-refractivity contribution in [1.82, 2.24) is 0 Å². The molecule has 2 rings (SSSR count). The number of nitrogens with two attached hydrogens (primary N) is 1. The van der Waals surface area contributed by atoms with E-state index < -0.39 is 11.6 Å². The molecule has 0 bridgehead atoms. The van der Waals surface area contributed by atoms with Gasteiger partial charge >= 0.3 is 0 Å². The molecule has 0 heterocycles. The van der Waals surface area contributed by atoms with Crippen LogP contribution < -0.4 is 10.5 Å². The van der Waals surface area contributed by atoms with Crippen LogP contribution in [0.4, 0.5) is 14.5 Å². The Bertz CT molecular complexity index is 566. The molecule has 0 spiro atoms. The highest BCUT2D eigenvalue weighted by Crippen LogP contribution is 2.29. The molecule has 2 N–H and O–H groups in total. The molecular weight excluding hydrogens is 316 g/mol. The lowest BCUT2D eigenvalue weighted by molar-refractivity contribution is 0.302. The van der Waals surface area contributed by atoms with Crippen LogP contribution in [-0.2, 0) is 6.42 Å². The van der Waals surface area contributed by atoms with Gasteiger partial charge in [-0.2, -0.15) is 0 Å². The molecule has 2 aromatic carbocycles. The zero-order valence-corrected chi connectivity index (χ0v) is 11.6. The van der Waals surface area contributed by atoms with Crippen LogP contribution in [0.2, 0.25) is 0 Å². The number of para-hydroxylation sites is 1. The third kappa shape index (κ3) is 3.44. The van der Waals surface area contributed by atoms with Gasteiger partial charge in [0.15, 0.2) is 11.6 Å². The van der Waals surface area contributed by atoms with E-state index in [0.717, 1.165) is 17.7 Å². The van der Waals surface area contributed by atoms with E-state index >= 15 is 0 Å². The van der Waals surface area contributed by atoms with Crippen molar-refractivity contribution in [3.8, 4) is 5.75 Å². The predicted octanol–water partition coefficient (Wildman–Crippen LogP) is 3.93. The van der Waals surface area contributed by atoms with Gasteiger partial charge in [0.2, 0.25) is 0 Å². The van der Waals surface area contributed by atoms with Gasteiger partial charge in [0.1, 0.15) is 5.82 Å². The van der Waals surface area contributed by atoms with Crippen LogP contribution in [0.5, 0.6) is 5.75 Å². The molecule has 5 heteroatoms. The van der Waals surface area contributed by atoms with Gasteiger partial charge in [-0.05, 0) is 33.6 Å². The molecule has 0 unspecified atom stereocenters. The summed E-state index contributed by atoms with van der Waals surface area (Å²) in [5, 5.41) is 0. The van der Waals surface area contributed by atoms with Crippen LogP contribution >= 0.6 is 15.9 Å². The maximum atomic E-state index is 13.5. The van der Waals surface area contributed by atoms with Crippen molar-refractivity contribution in [3.63, 3.8) is 0 Å². The van der Waals surface area contributed by atoms with Crippen molar-refractivity contribution in [3.05, 3.63) is 58.1 Å². The Morgan fingerprint density at radius 3 is 2.58 bits per heavy atom. The Labute approximate surface area is 118 Å². The first kappa shape index (κ1) is 13.8. The number of anilines is 1. The van der Waals surface area contributed by atoms with Gasteiger partial charge in [-0.1, -0.05) is 18.2 Å². The summed E-state index contributed by atoms with van der Waals surface area (Å²) in [5.74, 6) is -1.37. The number of hydrogen-bond acceptors (Lipinski definition) is 2. The second-order valence-corrected chi connectivity index (χ2v) is 4.85. The van der Waals surface area contributed by atoms with Crippen molar-refractivity contribution < 1.29 is 13.5 Å².